The molecule has 1 heterocycles. The van der Waals surface area contributed by atoms with E-state index in [0.29, 0.717) is 16.6 Å². The molecule has 0 N–H and O–H groups in total. The maximum atomic E-state index is 6.22. The molecule has 20 heavy (non-hydrogen) atoms. The number of aromatic nitrogens is 1. The summed E-state index contributed by atoms with van der Waals surface area (Å²) < 4.78 is 5.78. The van der Waals surface area contributed by atoms with Crippen LogP contribution in [0, 0.1) is 6.92 Å². The average Bonchev–Trinajstić information content (AvgIpc) is 2.41. The number of pyridine rings is 1. The minimum Gasteiger partial charge on any atom is -0.474 e. The Morgan fingerprint density at radius 3 is 2.70 bits per heavy atom. The fourth-order valence-electron chi connectivity index (χ4n) is 1.68. The van der Waals surface area contributed by atoms with Crippen molar-refractivity contribution in [2.24, 2.45) is 4.99 Å². The topological polar surface area (TPSA) is 34.5 Å². The fourth-order valence-corrected chi connectivity index (χ4v) is 1.96. The lowest BCUT2D eigenvalue weighted by Crippen LogP contribution is -2.13. The van der Waals surface area contributed by atoms with Gasteiger partial charge in [-0.1, -0.05) is 17.7 Å². The van der Waals surface area contributed by atoms with Crippen LogP contribution < -0.4 is 0 Å². The highest BCUT2D eigenvalue weighted by Crippen LogP contribution is 2.26. The summed E-state index contributed by atoms with van der Waals surface area (Å²) in [5, 5.41) is 0.610. The maximum absolute atomic E-state index is 6.22. The number of rotatable bonds is 3. The van der Waals surface area contributed by atoms with Crippen molar-refractivity contribution in [2.75, 3.05) is 0 Å². The number of aryl methyl sites for hydroxylation is 1. The fraction of sp³-hybridized carbons (Fsp3) is 0.250. The predicted molar refractivity (Wildman–Crippen MR) is 82.8 cm³/mol. The molecule has 0 spiro atoms. The molecule has 1 aromatic carbocycles. The first kappa shape index (κ1) is 14.5. The molecule has 4 heteroatoms. The van der Waals surface area contributed by atoms with E-state index in [-0.39, 0.29) is 6.10 Å². The van der Waals surface area contributed by atoms with E-state index < -0.39 is 0 Å². The van der Waals surface area contributed by atoms with Crippen molar-refractivity contribution in [2.45, 2.75) is 26.9 Å². The number of nitrogens with zero attached hydrogens (tertiary/aromatic N) is 2. The SMILES string of the molecule is Cc1ccc(N=C(OC(C)C)c2cccnc2)c(Cl)c1. The lowest BCUT2D eigenvalue weighted by molar-refractivity contribution is 0.229. The van der Waals surface area contributed by atoms with Crippen LogP contribution in [0.15, 0.2) is 47.7 Å². The number of halogens is 1. The zero-order chi connectivity index (χ0) is 14.5. The van der Waals surface area contributed by atoms with Gasteiger partial charge in [0, 0.05) is 12.4 Å². The first-order valence-corrected chi connectivity index (χ1v) is 6.86. The highest BCUT2D eigenvalue weighted by Gasteiger charge is 2.09. The molecule has 0 fully saturated rings. The minimum absolute atomic E-state index is 0.0261. The van der Waals surface area contributed by atoms with Gasteiger partial charge in [-0.3, -0.25) is 4.98 Å². The molecule has 1 aromatic heterocycles. The number of benzene rings is 1. The van der Waals surface area contributed by atoms with Crippen molar-refractivity contribution >= 4 is 23.2 Å². The van der Waals surface area contributed by atoms with Gasteiger partial charge in [0.05, 0.1) is 22.4 Å². The Kier molecular flexibility index (Phi) is 4.74. The largest absolute Gasteiger partial charge is 0.474 e. The van der Waals surface area contributed by atoms with Gasteiger partial charge in [-0.15, -0.1) is 0 Å². The van der Waals surface area contributed by atoms with Crippen molar-refractivity contribution < 1.29 is 4.74 Å². The molecule has 0 saturated carbocycles. The minimum atomic E-state index is 0.0261. The first-order valence-electron chi connectivity index (χ1n) is 6.48. The van der Waals surface area contributed by atoms with Crippen molar-refractivity contribution in [3.63, 3.8) is 0 Å². The van der Waals surface area contributed by atoms with Crippen LogP contribution in [0.4, 0.5) is 5.69 Å². The molecule has 0 saturated heterocycles. The zero-order valence-electron chi connectivity index (χ0n) is 11.8. The molecule has 0 radical (unpaired) electrons. The Bertz CT molecular complexity index is 609. The summed E-state index contributed by atoms with van der Waals surface area (Å²) >= 11 is 6.22. The van der Waals surface area contributed by atoms with Crippen LogP contribution >= 0.6 is 11.6 Å². The summed E-state index contributed by atoms with van der Waals surface area (Å²) in [7, 11) is 0. The lowest BCUT2D eigenvalue weighted by Gasteiger charge is -2.13. The molecule has 0 aliphatic carbocycles. The Morgan fingerprint density at radius 2 is 2.10 bits per heavy atom. The van der Waals surface area contributed by atoms with Crippen molar-refractivity contribution in [1.29, 1.82) is 0 Å². The average molecular weight is 289 g/mol. The normalized spacial score (nSPS) is 11.8. The van der Waals surface area contributed by atoms with E-state index in [1.807, 2.05) is 51.1 Å². The number of aliphatic imine (C=N–C) groups is 1. The predicted octanol–water partition coefficient (Wildman–Crippen LogP) is 4.55. The molecule has 0 amide bonds. The van der Waals surface area contributed by atoms with Crippen LogP contribution in [-0.4, -0.2) is 17.0 Å². The van der Waals surface area contributed by atoms with Crippen LogP contribution in [0.3, 0.4) is 0 Å². The smallest absolute Gasteiger partial charge is 0.223 e. The Hall–Kier alpha value is -1.87. The van der Waals surface area contributed by atoms with Crippen molar-refractivity contribution in [1.82, 2.24) is 4.98 Å². The maximum Gasteiger partial charge on any atom is 0.223 e. The van der Waals surface area contributed by atoms with Crippen LogP contribution in [0.5, 0.6) is 0 Å². The molecule has 2 rings (SSSR count). The van der Waals surface area contributed by atoms with Gasteiger partial charge in [-0.25, -0.2) is 4.99 Å². The second kappa shape index (κ2) is 6.53. The molecule has 0 unspecified atom stereocenters. The number of hydrogen-bond donors (Lipinski definition) is 0. The third-order valence-corrected chi connectivity index (χ3v) is 2.88. The highest BCUT2D eigenvalue weighted by molar-refractivity contribution is 6.33. The van der Waals surface area contributed by atoms with Crippen LogP contribution in [0.25, 0.3) is 0 Å². The Labute approximate surface area is 124 Å². The first-order chi connectivity index (χ1) is 9.56. The van der Waals surface area contributed by atoms with E-state index in [1.54, 1.807) is 12.4 Å². The van der Waals surface area contributed by atoms with E-state index in [1.165, 1.54) is 0 Å². The van der Waals surface area contributed by atoms with E-state index in [9.17, 15) is 0 Å². The second-order valence-electron chi connectivity index (χ2n) is 4.78. The third kappa shape index (κ3) is 3.81. The molecule has 104 valence electrons. The van der Waals surface area contributed by atoms with Crippen molar-refractivity contribution in [3.8, 4) is 0 Å². The second-order valence-corrected chi connectivity index (χ2v) is 5.19. The van der Waals surface area contributed by atoms with Gasteiger partial charge in [-0.05, 0) is 50.6 Å². The molecule has 2 aromatic rings. The Balaban J connectivity index is 2.43. The van der Waals surface area contributed by atoms with Crippen LogP contribution in [0.2, 0.25) is 5.02 Å². The number of ether oxygens (including phenoxy) is 1. The summed E-state index contributed by atoms with van der Waals surface area (Å²) in [5.41, 5.74) is 2.62. The summed E-state index contributed by atoms with van der Waals surface area (Å²) in [5.74, 6) is 0.527. The number of hydrogen-bond acceptors (Lipinski definition) is 3. The molecular formula is C16H17ClN2O. The van der Waals surface area contributed by atoms with Crippen molar-refractivity contribution in [3.05, 3.63) is 58.9 Å². The zero-order valence-corrected chi connectivity index (χ0v) is 12.6. The van der Waals surface area contributed by atoms with Crippen LogP contribution in [-0.2, 0) is 4.74 Å². The van der Waals surface area contributed by atoms with Gasteiger partial charge in [0.2, 0.25) is 5.90 Å². The summed E-state index contributed by atoms with van der Waals surface area (Å²) in [6, 6.07) is 9.51. The molecule has 3 nitrogen and oxygen atoms in total. The molecule has 0 atom stereocenters. The van der Waals surface area contributed by atoms with Gasteiger partial charge in [0.25, 0.3) is 0 Å². The summed E-state index contributed by atoms with van der Waals surface area (Å²) in [4.78, 5) is 8.63. The molecule has 0 bridgehead atoms. The van der Waals surface area contributed by atoms with Gasteiger partial charge < -0.3 is 4.74 Å². The van der Waals surface area contributed by atoms with E-state index in [0.717, 1.165) is 11.1 Å². The quantitative estimate of drug-likeness (QED) is 0.613. The van der Waals surface area contributed by atoms with E-state index in [2.05, 4.69) is 9.98 Å². The summed E-state index contributed by atoms with van der Waals surface area (Å²) in [6.07, 6.45) is 3.47. The van der Waals surface area contributed by atoms with Gasteiger partial charge in [-0.2, -0.15) is 0 Å². The van der Waals surface area contributed by atoms with Gasteiger partial charge >= 0.3 is 0 Å². The highest BCUT2D eigenvalue weighted by atomic mass is 35.5. The van der Waals surface area contributed by atoms with Crippen LogP contribution in [0.1, 0.15) is 25.0 Å². The summed E-state index contributed by atoms with van der Waals surface area (Å²) in [6.45, 7) is 5.91. The third-order valence-electron chi connectivity index (χ3n) is 2.58. The molecule has 0 aliphatic heterocycles. The van der Waals surface area contributed by atoms with E-state index >= 15 is 0 Å². The van der Waals surface area contributed by atoms with Gasteiger partial charge in [0.15, 0.2) is 0 Å². The monoisotopic (exact) mass is 288 g/mol. The molecule has 0 aliphatic rings. The van der Waals surface area contributed by atoms with Gasteiger partial charge in [0.1, 0.15) is 0 Å². The Morgan fingerprint density at radius 1 is 1.30 bits per heavy atom. The standard InChI is InChI=1S/C16H17ClN2O/c1-11(2)20-16(13-5-4-8-18-10-13)19-15-7-6-12(3)9-14(15)17/h4-11H,1-3H3. The lowest BCUT2D eigenvalue weighted by atomic mass is 10.2. The van der Waals surface area contributed by atoms with E-state index in [4.69, 9.17) is 16.3 Å². The molecular weight excluding hydrogens is 272 g/mol.